The molecule has 0 spiro atoms. The number of nitrogens with one attached hydrogen (secondary N) is 1. The van der Waals surface area contributed by atoms with Gasteiger partial charge in [0.05, 0.1) is 5.56 Å². The molecule has 4 nitrogen and oxygen atoms in total. The lowest BCUT2D eigenvalue weighted by atomic mass is 10.2. The Morgan fingerprint density at radius 1 is 1.44 bits per heavy atom. The van der Waals surface area contributed by atoms with Crippen LogP contribution in [-0.2, 0) is 6.42 Å². The minimum atomic E-state index is -0.0896. The molecule has 0 saturated carbocycles. The molecule has 0 unspecified atom stereocenters. The molecule has 0 fully saturated rings. The molecule has 18 heavy (non-hydrogen) atoms. The van der Waals surface area contributed by atoms with Crippen molar-refractivity contribution < 1.29 is 9.21 Å². The zero-order valence-electron chi connectivity index (χ0n) is 10.6. The second-order valence-electron chi connectivity index (χ2n) is 4.19. The van der Waals surface area contributed by atoms with E-state index in [1.807, 2.05) is 19.1 Å². The van der Waals surface area contributed by atoms with Gasteiger partial charge in [-0.05, 0) is 38.0 Å². The van der Waals surface area contributed by atoms with Gasteiger partial charge in [0.2, 0.25) is 0 Å². The molecule has 0 atom stereocenters. The molecule has 0 aromatic carbocycles. The Morgan fingerprint density at radius 2 is 2.28 bits per heavy atom. The van der Waals surface area contributed by atoms with Gasteiger partial charge >= 0.3 is 0 Å². The Kier molecular flexibility index (Phi) is 3.77. The van der Waals surface area contributed by atoms with Crippen molar-refractivity contribution in [1.29, 1.82) is 0 Å². The van der Waals surface area contributed by atoms with Gasteiger partial charge in [0.25, 0.3) is 5.91 Å². The SMILES string of the molecule is Cc1cc(C(=O)NCCc2cccnc2)c(C)o1. The summed E-state index contributed by atoms with van der Waals surface area (Å²) in [6.45, 7) is 4.22. The van der Waals surface area contributed by atoms with Crippen molar-refractivity contribution in [3.63, 3.8) is 0 Å². The summed E-state index contributed by atoms with van der Waals surface area (Å²) >= 11 is 0. The third-order valence-corrected chi connectivity index (χ3v) is 2.71. The molecule has 1 N–H and O–H groups in total. The maximum atomic E-state index is 11.9. The molecule has 2 rings (SSSR count). The maximum absolute atomic E-state index is 11.9. The topological polar surface area (TPSA) is 55.1 Å². The van der Waals surface area contributed by atoms with Crippen molar-refractivity contribution in [3.8, 4) is 0 Å². The number of aromatic nitrogens is 1. The zero-order valence-corrected chi connectivity index (χ0v) is 10.6. The Hall–Kier alpha value is -2.10. The summed E-state index contributed by atoms with van der Waals surface area (Å²) in [6, 6.07) is 5.64. The van der Waals surface area contributed by atoms with Crippen molar-refractivity contribution in [3.05, 3.63) is 53.2 Å². The number of hydrogen-bond acceptors (Lipinski definition) is 3. The van der Waals surface area contributed by atoms with Crippen LogP contribution in [0.4, 0.5) is 0 Å². The van der Waals surface area contributed by atoms with Gasteiger partial charge in [-0.3, -0.25) is 9.78 Å². The van der Waals surface area contributed by atoms with E-state index >= 15 is 0 Å². The van der Waals surface area contributed by atoms with E-state index in [1.165, 1.54) is 0 Å². The van der Waals surface area contributed by atoms with E-state index in [1.54, 1.807) is 25.4 Å². The molecule has 4 heteroatoms. The van der Waals surface area contributed by atoms with Crippen LogP contribution in [0.1, 0.15) is 27.4 Å². The normalized spacial score (nSPS) is 10.3. The minimum Gasteiger partial charge on any atom is -0.466 e. The number of nitrogens with zero attached hydrogens (tertiary/aromatic N) is 1. The Labute approximate surface area is 106 Å². The summed E-state index contributed by atoms with van der Waals surface area (Å²) in [4.78, 5) is 15.9. The Balaban J connectivity index is 1.87. The van der Waals surface area contributed by atoms with E-state index < -0.39 is 0 Å². The van der Waals surface area contributed by atoms with Gasteiger partial charge in [0.15, 0.2) is 0 Å². The van der Waals surface area contributed by atoms with Crippen LogP contribution in [0.25, 0.3) is 0 Å². The summed E-state index contributed by atoms with van der Waals surface area (Å²) < 4.78 is 5.33. The number of rotatable bonds is 4. The summed E-state index contributed by atoms with van der Waals surface area (Å²) in [5.41, 5.74) is 1.72. The van der Waals surface area contributed by atoms with Gasteiger partial charge in [0.1, 0.15) is 11.5 Å². The van der Waals surface area contributed by atoms with Crippen LogP contribution in [0.3, 0.4) is 0 Å². The van der Waals surface area contributed by atoms with Crippen LogP contribution in [0.15, 0.2) is 35.0 Å². The molecule has 1 amide bonds. The second kappa shape index (κ2) is 5.49. The van der Waals surface area contributed by atoms with E-state index in [4.69, 9.17) is 4.42 Å². The second-order valence-corrected chi connectivity index (χ2v) is 4.19. The molecule has 2 heterocycles. The minimum absolute atomic E-state index is 0.0896. The van der Waals surface area contributed by atoms with Crippen LogP contribution < -0.4 is 5.32 Å². The first kappa shape index (κ1) is 12.4. The lowest BCUT2D eigenvalue weighted by Gasteiger charge is -2.04. The van der Waals surface area contributed by atoms with Crippen LogP contribution in [0.5, 0.6) is 0 Å². The first-order valence-corrected chi connectivity index (χ1v) is 5.91. The molecule has 0 bridgehead atoms. The highest BCUT2D eigenvalue weighted by molar-refractivity contribution is 5.95. The molecule has 0 radical (unpaired) electrons. The Bertz CT molecular complexity index is 532. The predicted molar refractivity (Wildman–Crippen MR) is 68.5 cm³/mol. The standard InChI is InChI=1S/C14H16N2O2/c1-10-8-13(11(2)18-10)14(17)16-7-5-12-4-3-6-15-9-12/h3-4,6,8-9H,5,7H2,1-2H3,(H,16,17). The number of aryl methyl sites for hydroxylation is 2. The number of carbonyl (C=O) groups is 1. The Morgan fingerprint density at radius 3 is 2.89 bits per heavy atom. The highest BCUT2D eigenvalue weighted by atomic mass is 16.3. The van der Waals surface area contributed by atoms with E-state index in [0.717, 1.165) is 17.7 Å². The third kappa shape index (κ3) is 2.97. The molecule has 94 valence electrons. The summed E-state index contributed by atoms with van der Waals surface area (Å²) in [7, 11) is 0. The van der Waals surface area contributed by atoms with Crippen molar-refractivity contribution in [1.82, 2.24) is 10.3 Å². The summed E-state index contributed by atoms with van der Waals surface area (Å²) in [6.07, 6.45) is 4.31. The van der Waals surface area contributed by atoms with E-state index in [9.17, 15) is 4.79 Å². The van der Waals surface area contributed by atoms with Crippen LogP contribution in [0, 0.1) is 13.8 Å². The van der Waals surface area contributed by atoms with E-state index in [-0.39, 0.29) is 5.91 Å². The molecular weight excluding hydrogens is 228 g/mol. The van der Waals surface area contributed by atoms with E-state index in [0.29, 0.717) is 17.9 Å². The van der Waals surface area contributed by atoms with Crippen LogP contribution in [0.2, 0.25) is 0 Å². The molecule has 0 aliphatic rings. The molecule has 0 aliphatic carbocycles. The lowest BCUT2D eigenvalue weighted by molar-refractivity contribution is 0.0952. The van der Waals surface area contributed by atoms with Gasteiger partial charge in [-0.1, -0.05) is 6.07 Å². The number of amides is 1. The zero-order chi connectivity index (χ0) is 13.0. The highest BCUT2D eigenvalue weighted by Crippen LogP contribution is 2.13. The molecule has 2 aromatic heterocycles. The van der Waals surface area contributed by atoms with Gasteiger partial charge in [-0.15, -0.1) is 0 Å². The monoisotopic (exact) mass is 244 g/mol. The first-order valence-electron chi connectivity index (χ1n) is 5.91. The fourth-order valence-corrected chi connectivity index (χ4v) is 1.82. The molecule has 2 aromatic rings. The molecule has 0 saturated heterocycles. The number of hydrogen-bond donors (Lipinski definition) is 1. The lowest BCUT2D eigenvalue weighted by Crippen LogP contribution is -2.25. The first-order chi connectivity index (χ1) is 8.66. The van der Waals surface area contributed by atoms with Crippen LogP contribution in [-0.4, -0.2) is 17.4 Å². The van der Waals surface area contributed by atoms with Gasteiger partial charge in [-0.2, -0.15) is 0 Å². The van der Waals surface area contributed by atoms with Crippen molar-refractivity contribution in [2.24, 2.45) is 0 Å². The van der Waals surface area contributed by atoms with Crippen molar-refractivity contribution in [2.75, 3.05) is 6.54 Å². The third-order valence-electron chi connectivity index (χ3n) is 2.71. The number of furan rings is 1. The highest BCUT2D eigenvalue weighted by Gasteiger charge is 2.12. The maximum Gasteiger partial charge on any atom is 0.254 e. The molecular formula is C14H16N2O2. The van der Waals surface area contributed by atoms with Crippen molar-refractivity contribution >= 4 is 5.91 Å². The fraction of sp³-hybridized carbons (Fsp3) is 0.286. The van der Waals surface area contributed by atoms with Crippen molar-refractivity contribution in [2.45, 2.75) is 20.3 Å². The summed E-state index contributed by atoms with van der Waals surface area (Å²) in [5.74, 6) is 1.32. The number of pyridine rings is 1. The smallest absolute Gasteiger partial charge is 0.254 e. The van der Waals surface area contributed by atoms with Gasteiger partial charge in [-0.25, -0.2) is 0 Å². The molecule has 0 aliphatic heterocycles. The predicted octanol–water partition coefficient (Wildman–Crippen LogP) is 2.26. The van der Waals surface area contributed by atoms with E-state index in [2.05, 4.69) is 10.3 Å². The van der Waals surface area contributed by atoms with Gasteiger partial charge in [0, 0.05) is 18.9 Å². The quantitative estimate of drug-likeness (QED) is 0.897. The van der Waals surface area contributed by atoms with Gasteiger partial charge < -0.3 is 9.73 Å². The number of carbonyl (C=O) groups excluding carboxylic acids is 1. The average Bonchev–Trinajstić information content (AvgIpc) is 2.70. The van der Waals surface area contributed by atoms with Crippen LogP contribution >= 0.6 is 0 Å². The summed E-state index contributed by atoms with van der Waals surface area (Å²) in [5, 5.41) is 2.87. The average molecular weight is 244 g/mol. The fourth-order valence-electron chi connectivity index (χ4n) is 1.82. The largest absolute Gasteiger partial charge is 0.466 e.